The largest absolute Gasteiger partial charge is 0.495 e. The van der Waals surface area contributed by atoms with E-state index in [1.807, 2.05) is 196 Å². The molecule has 8 aromatic carbocycles. The standard InChI is InChI=1S/C27H28N5O2P.C26H35N4O2P.C24H27N4O3P.C22H22F3N6OP/c1-34-25-5-3-2-4-23(25)30-27-29-18-21-7-6-19(16-24(21)31-27)20-8-11-26(28-17-20)32-12-14-35(33,15-13-32)22-9-10-22;1-5-33(31,6-2)23-12-10-21(11-13-23)28-26-27-18-20-8-7-9-24(25(20)29-26)32-22-14-16-30(17-15-22)19(3)4;1-30-22-9-8-17(11-23(22)31-2)15-28-21-12-24(25-13-19(21)14-26-28)27-20-7-5-6-18(10-20)16-32(3,4)29;1-33(2,32)30-18-8-6-17(7-9-18)28-21-26-13-19-20(29-21)31(14-27-19)11-10-15-4-3-5-16(12-15)22(23,24)25/h2-8,11,16-18,22H,9-10,12-15H2,1H3,(H,29,30,31);7-13,18-19,22H,5-6,14-17H2,1-4H3,(H,27,28,29);5-14H,15-16H2,1-4H3,(H,25,27);3-9,12-14H,10-11H2,1-2H3,(H,30,32)(H,26,28,29). The Morgan fingerprint density at radius 2 is 1.18 bits per heavy atom. The zero-order chi connectivity index (χ0) is 93.6. The average molecular weight is 1880 g/mol. The number of pyridine rings is 2. The number of alkyl halides is 3. The number of likely N-dealkylation sites (tertiary alicyclic amines) is 1. The molecule has 2 aliphatic heterocycles. The number of rotatable bonds is 29. The third kappa shape index (κ3) is 25.0. The van der Waals surface area contributed by atoms with E-state index in [9.17, 15) is 31.4 Å². The van der Waals surface area contributed by atoms with E-state index in [4.69, 9.17) is 33.9 Å². The minimum Gasteiger partial charge on any atom is -0.495 e. The van der Waals surface area contributed by atoms with Gasteiger partial charge in [-0.25, -0.2) is 39.9 Å². The number of halogens is 3. The zero-order valence-corrected chi connectivity index (χ0v) is 80.1. The second-order valence-corrected chi connectivity index (χ2v) is 48.0. The van der Waals surface area contributed by atoms with Crippen LogP contribution in [0, 0.1) is 0 Å². The Kier molecular flexibility index (Phi) is 30.1. The highest BCUT2D eigenvalue weighted by atomic mass is 31.2. The molecule has 5 N–H and O–H groups in total. The smallest absolute Gasteiger partial charge is 0.416 e. The highest BCUT2D eigenvalue weighted by Crippen LogP contribution is 2.62. The summed E-state index contributed by atoms with van der Waals surface area (Å²) in [5.74, 6) is 6.01. The molecular weight excluding hydrogens is 1760 g/mol. The van der Waals surface area contributed by atoms with Crippen LogP contribution in [0.2, 0.25) is 0 Å². The normalized spacial score (nSPS) is 14.3. The van der Waals surface area contributed by atoms with Crippen molar-refractivity contribution < 1.29 is 50.4 Å². The summed E-state index contributed by atoms with van der Waals surface area (Å²) in [6, 6.07) is 60.8. The molecule has 15 aromatic rings. The van der Waals surface area contributed by atoms with Gasteiger partial charge in [0.1, 0.15) is 47.4 Å². The molecule has 0 bridgehead atoms. The summed E-state index contributed by atoms with van der Waals surface area (Å²) in [5, 5.41) is 24.3. The van der Waals surface area contributed by atoms with Crippen molar-refractivity contribution in [2.45, 2.75) is 103 Å². The molecule has 7 aromatic heterocycles. The van der Waals surface area contributed by atoms with Crippen LogP contribution >= 0.6 is 28.7 Å². The van der Waals surface area contributed by atoms with Crippen LogP contribution in [-0.2, 0) is 50.1 Å². The van der Waals surface area contributed by atoms with Crippen LogP contribution in [0.5, 0.6) is 23.0 Å². The molecule has 3 fully saturated rings. The molecule has 0 spiro atoms. The van der Waals surface area contributed by atoms with Crippen molar-refractivity contribution in [2.75, 3.05) is 130 Å². The fourth-order valence-corrected chi connectivity index (χ4v) is 23.1. The van der Waals surface area contributed by atoms with Gasteiger partial charge >= 0.3 is 6.18 Å². The van der Waals surface area contributed by atoms with Crippen molar-refractivity contribution >= 4 is 136 Å². The summed E-state index contributed by atoms with van der Waals surface area (Å²) in [7, 11) is -3.86. The number of piperidine rings is 1. The molecule has 0 radical (unpaired) electrons. The first kappa shape index (κ1) is 95.1. The maximum Gasteiger partial charge on any atom is 0.416 e. The van der Waals surface area contributed by atoms with Crippen molar-refractivity contribution in [2.24, 2.45) is 0 Å². The monoisotopic (exact) mass is 1880 g/mol. The van der Waals surface area contributed by atoms with E-state index in [1.165, 1.54) is 18.9 Å². The Balaban J connectivity index is 0.000000135. The SMILES string of the molecule is CCP(=O)(CC)c1ccc(Nc2ncc3cccc(OC4CCN(C(C)C)CC4)c3n2)cc1.COc1ccc(Cn2ncc3cnc(Nc4cccc(CP(C)(C)=O)c4)cc32)cc1OC.COc1ccccc1Nc1ncc2ccc(-c3ccc(N4CCP(=O)(C5CC5)CC4)nc3)cc2n1.CP(C)(=O)Nc1ccc(Nc2ncc3ncn(CCc4cccc(C(F)(F)F)c4)c3n2)cc1. The highest BCUT2D eigenvalue weighted by molar-refractivity contribution is 7.71. The van der Waals surface area contributed by atoms with E-state index < -0.39 is 40.5 Å². The lowest BCUT2D eigenvalue weighted by Gasteiger charge is -2.34. The Hall–Kier alpha value is -12.6. The van der Waals surface area contributed by atoms with Crippen molar-refractivity contribution in [1.82, 2.24) is 64.1 Å². The van der Waals surface area contributed by atoms with Crippen LogP contribution in [0.3, 0.4) is 0 Å². The lowest BCUT2D eigenvalue weighted by molar-refractivity contribution is -0.137. The summed E-state index contributed by atoms with van der Waals surface area (Å²) in [5.41, 5.74) is 12.5. The molecule has 133 heavy (non-hydrogen) atoms. The average Bonchev–Trinajstić information content (AvgIpc) is 1.71. The first-order valence-corrected chi connectivity index (χ1v) is 54.1. The van der Waals surface area contributed by atoms with Crippen LogP contribution in [0.4, 0.5) is 71.1 Å². The van der Waals surface area contributed by atoms with E-state index >= 15 is 0 Å². The number of ether oxygens (including phenoxy) is 4. The van der Waals surface area contributed by atoms with Gasteiger partial charge in [0.05, 0.1) is 83.2 Å². The van der Waals surface area contributed by atoms with Crippen LogP contribution < -0.4 is 55.5 Å². The quantitative estimate of drug-likeness (QED) is 0.0272. The Labute approximate surface area is 772 Å². The van der Waals surface area contributed by atoms with E-state index in [2.05, 4.69) is 109 Å². The molecule has 34 heteroatoms. The number of imidazole rings is 1. The second kappa shape index (κ2) is 42.1. The van der Waals surface area contributed by atoms with Gasteiger partial charge in [0.25, 0.3) is 0 Å². The number of nitrogens with zero attached hydrogens (tertiary/aromatic N) is 14. The third-order valence-electron chi connectivity index (χ3n) is 23.6. The first-order chi connectivity index (χ1) is 63.9. The number of nitrogens with one attached hydrogen (secondary N) is 5. The van der Waals surface area contributed by atoms with Gasteiger partial charge < -0.3 is 77.9 Å². The van der Waals surface area contributed by atoms with E-state index in [1.54, 1.807) is 69.9 Å². The Morgan fingerprint density at radius 1 is 0.526 bits per heavy atom. The van der Waals surface area contributed by atoms with Gasteiger partial charge in [-0.1, -0.05) is 86.6 Å². The van der Waals surface area contributed by atoms with Crippen LogP contribution in [0.15, 0.2) is 238 Å². The number of hydrogen-bond donors (Lipinski definition) is 5. The lowest BCUT2D eigenvalue weighted by Crippen LogP contribution is -2.41. The summed E-state index contributed by atoms with van der Waals surface area (Å²) in [4.78, 5) is 45.5. The van der Waals surface area contributed by atoms with Crippen LogP contribution in [0.1, 0.15) is 75.6 Å². The predicted octanol–water partition coefficient (Wildman–Crippen LogP) is 22.6. The van der Waals surface area contributed by atoms with Crippen molar-refractivity contribution in [3.05, 3.63) is 260 Å². The molecule has 1 saturated carbocycles. The molecular formula is C99H112F3N19O8P4. The molecule has 18 rings (SSSR count). The first-order valence-electron chi connectivity index (χ1n) is 44.5. The van der Waals surface area contributed by atoms with E-state index in [0.29, 0.717) is 95.8 Å². The van der Waals surface area contributed by atoms with Gasteiger partial charge in [-0.3, -0.25) is 4.68 Å². The van der Waals surface area contributed by atoms with Gasteiger partial charge in [-0.05, 0) is 197 Å². The van der Waals surface area contributed by atoms with Gasteiger partial charge in [0.15, 0.2) is 24.4 Å². The van der Waals surface area contributed by atoms with Crippen molar-refractivity contribution in [3.63, 3.8) is 0 Å². The molecule has 1 aliphatic carbocycles. The van der Waals surface area contributed by atoms with Gasteiger partial charge in [0, 0.05) is 169 Å². The fourth-order valence-electron chi connectivity index (χ4n) is 16.2. The molecule has 0 unspecified atom stereocenters. The molecule has 27 nitrogen and oxygen atoms in total. The summed E-state index contributed by atoms with van der Waals surface area (Å²) in [6.45, 7) is 20.2. The maximum absolute atomic E-state index is 13.0. The summed E-state index contributed by atoms with van der Waals surface area (Å²) < 4.78 is 115. The van der Waals surface area contributed by atoms with Gasteiger partial charge in [0.2, 0.25) is 17.8 Å². The van der Waals surface area contributed by atoms with Gasteiger partial charge in [-0.15, -0.1) is 0 Å². The maximum atomic E-state index is 13.0. The molecule has 3 aliphatic rings. The Morgan fingerprint density at radius 3 is 1.86 bits per heavy atom. The molecule has 0 atom stereocenters. The number of anilines is 10. The van der Waals surface area contributed by atoms with Crippen molar-refractivity contribution in [1.29, 1.82) is 0 Å². The molecule has 692 valence electrons. The fraction of sp³-hybridized carbons (Fsp3) is 0.313. The van der Waals surface area contributed by atoms with Crippen molar-refractivity contribution in [3.8, 4) is 34.1 Å². The number of fused-ring (bicyclic) bond motifs is 4. The number of aromatic nitrogens is 12. The number of para-hydroxylation sites is 3. The van der Waals surface area contributed by atoms with Crippen LogP contribution in [0.25, 0.3) is 55.0 Å². The van der Waals surface area contributed by atoms with E-state index in [0.717, 1.165) is 175 Å². The highest BCUT2D eigenvalue weighted by Gasteiger charge is 2.43. The number of benzene rings is 8. The lowest BCUT2D eigenvalue weighted by atomic mass is 10.1. The van der Waals surface area contributed by atoms with Gasteiger partial charge in [-0.2, -0.15) is 23.3 Å². The van der Waals surface area contributed by atoms with E-state index in [-0.39, 0.29) is 6.10 Å². The molecule has 2 saturated heterocycles. The minimum absolute atomic E-state index is 0.206. The minimum atomic E-state index is -4.37. The number of hydrogen-bond acceptors (Lipinski definition) is 24. The third-order valence-corrected chi connectivity index (χ3v) is 32.6. The zero-order valence-electron chi connectivity index (χ0n) is 76.5. The van der Waals surface area contributed by atoms with Crippen LogP contribution in [-0.4, -0.2) is 181 Å². The topological polar surface area (TPSA) is 311 Å². The molecule has 0 amide bonds. The number of methoxy groups -OCH3 is 3. The predicted molar refractivity (Wildman–Crippen MR) is 532 cm³/mol. The number of aryl methyl sites for hydroxylation is 2. The summed E-state index contributed by atoms with van der Waals surface area (Å²) >= 11 is 0. The Bertz CT molecular complexity index is 6750. The second-order valence-electron chi connectivity index (χ2n) is 34.5. The summed E-state index contributed by atoms with van der Waals surface area (Å²) in [6.07, 6.45) is 16.6. The molecule has 9 heterocycles.